The maximum atomic E-state index is 12.6. The van der Waals surface area contributed by atoms with Crippen LogP contribution < -0.4 is 16.4 Å². The molecule has 10 nitrogen and oxygen atoms in total. The monoisotopic (exact) mass is 442 g/mol. The second-order valence-corrected chi connectivity index (χ2v) is 9.52. The Morgan fingerprint density at radius 3 is 2.70 bits per heavy atom. The topological polar surface area (TPSA) is 168 Å². The highest BCUT2D eigenvalue weighted by atomic mass is 32.2. The van der Waals surface area contributed by atoms with E-state index in [0.717, 1.165) is 6.26 Å². The van der Waals surface area contributed by atoms with Gasteiger partial charge in [0.2, 0.25) is 5.91 Å². The Hall–Kier alpha value is -3.51. The summed E-state index contributed by atoms with van der Waals surface area (Å²) in [7, 11) is -3.42. The van der Waals surface area contributed by atoms with Gasteiger partial charge in [-0.25, -0.2) is 8.42 Å². The Morgan fingerprint density at radius 1 is 1.23 bits per heavy atom. The van der Waals surface area contributed by atoms with Gasteiger partial charge < -0.3 is 16.4 Å². The molecule has 0 unspecified atom stereocenters. The van der Waals surface area contributed by atoms with Crippen molar-refractivity contribution in [2.24, 2.45) is 5.73 Å². The molecule has 5 N–H and O–H groups in total. The molecule has 30 heavy (non-hydrogen) atoms. The number of pyridine rings is 2. The van der Waals surface area contributed by atoms with Gasteiger partial charge in [-0.2, -0.15) is 0 Å². The first-order valence-electron chi connectivity index (χ1n) is 8.40. The summed E-state index contributed by atoms with van der Waals surface area (Å²) in [5.41, 5.74) is 6.30. The molecule has 0 aliphatic carbocycles. The Morgan fingerprint density at radius 2 is 2.00 bits per heavy atom. The Balaban J connectivity index is 1.67. The second-order valence-electron chi connectivity index (χ2n) is 6.45. The van der Waals surface area contributed by atoms with E-state index in [2.05, 4.69) is 20.6 Å². The standard InChI is InChI=1S/C18H14N6O4S2/c1-30(27,28)10-2-8(4-21-6-10)12-7-23-18(29-12)13-14(19)15-11(24-17(13)26)3-9(5-22-15)16(20)25/h2-7,19,23H,1H3,(H2,20,25)(H,24,26)/b18-13-,19-14?. The number of hydrogen-bond donors (Lipinski definition) is 4. The Labute approximate surface area is 175 Å². The van der Waals surface area contributed by atoms with E-state index in [4.69, 9.17) is 11.1 Å². The summed E-state index contributed by atoms with van der Waals surface area (Å²) in [5, 5.41) is 14.4. The molecule has 0 radical (unpaired) electrons. The van der Waals surface area contributed by atoms with E-state index in [1.54, 1.807) is 6.20 Å². The van der Waals surface area contributed by atoms with Gasteiger partial charge in [-0.1, -0.05) is 11.8 Å². The minimum absolute atomic E-state index is 0.0744. The Bertz CT molecular complexity index is 1310. The van der Waals surface area contributed by atoms with Crippen molar-refractivity contribution in [3.05, 3.63) is 64.3 Å². The maximum Gasteiger partial charge on any atom is 0.260 e. The van der Waals surface area contributed by atoms with Crippen LogP contribution in [0.25, 0.3) is 4.91 Å². The molecule has 2 aromatic rings. The highest BCUT2D eigenvalue weighted by molar-refractivity contribution is 8.12. The average molecular weight is 442 g/mol. The maximum absolute atomic E-state index is 12.6. The summed E-state index contributed by atoms with van der Waals surface area (Å²) >= 11 is 1.17. The molecule has 2 aromatic heterocycles. The highest BCUT2D eigenvalue weighted by Crippen LogP contribution is 2.40. The number of primary amides is 1. The molecule has 0 atom stereocenters. The zero-order valence-electron chi connectivity index (χ0n) is 15.4. The molecule has 2 amide bonds. The van der Waals surface area contributed by atoms with Crippen molar-refractivity contribution >= 4 is 49.7 Å². The number of carbonyl (C=O) groups excluding carboxylic acids is 2. The summed E-state index contributed by atoms with van der Waals surface area (Å²) in [4.78, 5) is 32.7. The lowest BCUT2D eigenvalue weighted by Gasteiger charge is -2.21. The SMILES string of the molecule is CS(=O)(=O)c1cncc(C2=CN/C(=C3\C(=N)c4ncc(C(N)=O)cc4NC3=O)S2)c1. The van der Waals surface area contributed by atoms with Gasteiger partial charge in [0.25, 0.3) is 5.91 Å². The van der Waals surface area contributed by atoms with Gasteiger partial charge in [0.05, 0.1) is 32.5 Å². The van der Waals surface area contributed by atoms with Crippen LogP contribution in [0.2, 0.25) is 0 Å². The Kier molecular flexibility index (Phi) is 4.67. The smallest absolute Gasteiger partial charge is 0.260 e. The van der Waals surface area contributed by atoms with Crippen molar-refractivity contribution in [3.63, 3.8) is 0 Å². The number of anilines is 1. The summed E-state index contributed by atoms with van der Waals surface area (Å²) in [6.07, 6.45) is 6.72. The summed E-state index contributed by atoms with van der Waals surface area (Å²) in [5.74, 6) is -1.23. The number of sulfone groups is 1. The van der Waals surface area contributed by atoms with E-state index in [-0.39, 0.29) is 33.1 Å². The van der Waals surface area contributed by atoms with E-state index in [9.17, 15) is 18.0 Å². The normalized spacial score (nSPS) is 18.4. The molecular formula is C18H14N6O4S2. The quantitative estimate of drug-likeness (QED) is 0.507. The largest absolute Gasteiger partial charge is 0.366 e. The first-order chi connectivity index (χ1) is 14.1. The number of aromatic nitrogens is 2. The lowest BCUT2D eigenvalue weighted by Crippen LogP contribution is -2.31. The summed E-state index contributed by atoms with van der Waals surface area (Å²) < 4.78 is 23.5. The van der Waals surface area contributed by atoms with Crippen molar-refractivity contribution in [3.8, 4) is 0 Å². The van der Waals surface area contributed by atoms with Crippen molar-refractivity contribution < 1.29 is 18.0 Å². The molecule has 0 fully saturated rings. The summed E-state index contributed by atoms with van der Waals surface area (Å²) in [6, 6.07) is 2.87. The fraction of sp³-hybridized carbons (Fsp3) is 0.0556. The predicted octanol–water partition coefficient (Wildman–Crippen LogP) is 0.846. The molecular weight excluding hydrogens is 428 g/mol. The molecule has 0 saturated carbocycles. The van der Waals surface area contributed by atoms with Crippen LogP contribution in [0.15, 0.2) is 52.4 Å². The van der Waals surface area contributed by atoms with Crippen LogP contribution in [0.1, 0.15) is 21.6 Å². The lowest BCUT2D eigenvalue weighted by atomic mass is 10.0. The highest BCUT2D eigenvalue weighted by Gasteiger charge is 2.32. The molecule has 0 saturated heterocycles. The van der Waals surface area contributed by atoms with Gasteiger partial charge in [-0.3, -0.25) is 25.0 Å². The van der Waals surface area contributed by atoms with Crippen molar-refractivity contribution in [2.45, 2.75) is 4.90 Å². The van der Waals surface area contributed by atoms with Crippen molar-refractivity contribution in [2.75, 3.05) is 11.6 Å². The van der Waals surface area contributed by atoms with Crippen molar-refractivity contribution in [1.82, 2.24) is 15.3 Å². The minimum Gasteiger partial charge on any atom is -0.366 e. The van der Waals surface area contributed by atoms with Crippen LogP contribution in [0.3, 0.4) is 0 Å². The molecule has 0 spiro atoms. The number of nitrogens with one attached hydrogen (secondary N) is 3. The molecule has 4 heterocycles. The molecule has 0 bridgehead atoms. The summed E-state index contributed by atoms with van der Waals surface area (Å²) in [6.45, 7) is 0. The number of hydrogen-bond acceptors (Lipinski definition) is 9. The number of carbonyl (C=O) groups is 2. The average Bonchev–Trinajstić information content (AvgIpc) is 3.16. The molecule has 12 heteroatoms. The number of amides is 2. The van der Waals surface area contributed by atoms with Crippen LogP contribution in [-0.2, 0) is 14.6 Å². The zero-order chi connectivity index (χ0) is 21.6. The van der Waals surface area contributed by atoms with Crippen LogP contribution in [0, 0.1) is 5.41 Å². The van der Waals surface area contributed by atoms with E-state index in [1.165, 1.54) is 42.5 Å². The molecule has 152 valence electrons. The second kappa shape index (κ2) is 7.07. The third-order valence-electron chi connectivity index (χ3n) is 4.33. The fourth-order valence-electron chi connectivity index (χ4n) is 2.85. The minimum atomic E-state index is -3.42. The lowest BCUT2D eigenvalue weighted by molar-refractivity contribution is -0.112. The molecule has 2 aliphatic rings. The number of fused-ring (bicyclic) bond motifs is 1. The van der Waals surface area contributed by atoms with Gasteiger partial charge in [0.1, 0.15) is 5.69 Å². The van der Waals surface area contributed by atoms with Crippen LogP contribution in [0.4, 0.5) is 5.69 Å². The molecule has 2 aliphatic heterocycles. The van der Waals surface area contributed by atoms with E-state index in [0.29, 0.717) is 15.5 Å². The zero-order valence-corrected chi connectivity index (χ0v) is 17.0. The van der Waals surface area contributed by atoms with Crippen LogP contribution >= 0.6 is 11.8 Å². The van der Waals surface area contributed by atoms with Gasteiger partial charge in [-0.15, -0.1) is 0 Å². The van der Waals surface area contributed by atoms with Gasteiger partial charge in [0, 0.05) is 41.5 Å². The van der Waals surface area contributed by atoms with Crippen molar-refractivity contribution in [1.29, 1.82) is 5.41 Å². The van der Waals surface area contributed by atoms with E-state index in [1.807, 2.05) is 0 Å². The molecule has 0 aromatic carbocycles. The fourth-order valence-corrected chi connectivity index (χ4v) is 4.42. The van der Waals surface area contributed by atoms with E-state index < -0.39 is 21.7 Å². The van der Waals surface area contributed by atoms with Crippen LogP contribution in [-0.4, -0.2) is 42.2 Å². The van der Waals surface area contributed by atoms with Gasteiger partial charge in [-0.05, 0) is 12.1 Å². The third-order valence-corrected chi connectivity index (χ3v) is 6.51. The number of nitrogens with zero attached hydrogens (tertiary/aromatic N) is 2. The van der Waals surface area contributed by atoms with Crippen LogP contribution in [0.5, 0.6) is 0 Å². The predicted molar refractivity (Wildman–Crippen MR) is 111 cm³/mol. The van der Waals surface area contributed by atoms with Gasteiger partial charge in [0.15, 0.2) is 9.84 Å². The molecule has 4 rings (SSSR count). The van der Waals surface area contributed by atoms with E-state index >= 15 is 0 Å². The first kappa shape index (κ1) is 19.8. The number of thioether (sulfide) groups is 1. The van der Waals surface area contributed by atoms with Gasteiger partial charge >= 0.3 is 0 Å². The number of nitrogens with two attached hydrogens (primary N) is 1. The number of rotatable bonds is 3. The third kappa shape index (κ3) is 3.46. The first-order valence-corrected chi connectivity index (χ1v) is 11.1.